The number of ether oxygens (including phenoxy) is 2. The Morgan fingerprint density at radius 1 is 0.440 bits per heavy atom. The van der Waals surface area contributed by atoms with E-state index >= 15 is 0 Å². The van der Waals surface area contributed by atoms with Crippen LogP contribution in [0.15, 0.2) is 134 Å². The zero-order chi connectivity index (χ0) is 60.0. The fraction of sp³-hybridized carbons (Fsp3) is 0.342. The largest absolute Gasteiger partial charge is 0.456 e. The summed E-state index contributed by atoms with van der Waals surface area (Å²) in [6.45, 7) is 36.0. The molecule has 428 valence electrons. The summed E-state index contributed by atoms with van der Waals surface area (Å²) in [7, 11) is -1.16. The molecule has 0 unspecified atom stereocenters. The zero-order valence-electron chi connectivity index (χ0n) is 52.1. The molecule has 0 bridgehead atoms. The van der Waals surface area contributed by atoms with Crippen LogP contribution in [0.25, 0.3) is 87.9 Å². The summed E-state index contributed by atoms with van der Waals surface area (Å²) < 4.78 is 13.7. The highest BCUT2D eigenvalue weighted by molar-refractivity contribution is 6.41. The Morgan fingerprint density at radius 3 is 1.27 bits per heavy atom. The van der Waals surface area contributed by atoms with Gasteiger partial charge in [-0.25, -0.2) is 0 Å². The molecule has 8 heteroatoms. The van der Waals surface area contributed by atoms with Gasteiger partial charge in [0, 0.05) is 56.6 Å². The third-order valence-electron chi connectivity index (χ3n) is 17.4. The van der Waals surface area contributed by atoms with Crippen LogP contribution in [-0.4, -0.2) is 27.1 Å². The van der Waals surface area contributed by atoms with Crippen molar-refractivity contribution in [2.45, 2.75) is 147 Å². The van der Waals surface area contributed by atoms with Gasteiger partial charge in [-0.3, -0.25) is 9.97 Å². The minimum absolute atomic E-state index is 0.0220. The van der Waals surface area contributed by atoms with Gasteiger partial charge in [0.2, 0.25) is 0 Å². The molecule has 0 saturated carbocycles. The number of rotatable bonds is 4. The Bertz CT molecular complexity index is 4350. The molecular weight excluding hydrogens is 1050 g/mol. The van der Waals surface area contributed by atoms with Crippen LogP contribution in [0.2, 0.25) is 11.3 Å². The highest BCUT2D eigenvalue weighted by Crippen LogP contribution is 2.57. The van der Waals surface area contributed by atoms with Crippen molar-refractivity contribution in [1.82, 2.24) is 9.97 Å². The molecule has 0 saturated heterocycles. The van der Waals surface area contributed by atoms with E-state index in [2.05, 4.69) is 193 Å². The molecule has 10 aromatic rings. The van der Waals surface area contributed by atoms with Crippen LogP contribution in [0, 0.1) is 21.7 Å². The third-order valence-corrected chi connectivity index (χ3v) is 17.6. The highest BCUT2D eigenvalue weighted by atomic mass is 35.5. The van der Waals surface area contributed by atoms with E-state index in [-0.39, 0.29) is 32.5 Å². The average molecular weight is 1130 g/mol. The van der Waals surface area contributed by atoms with Gasteiger partial charge in [0.25, 0.3) is 0 Å². The molecule has 0 spiro atoms. The normalized spacial score (nSPS) is 14.7. The number of halogens is 1. The molecule has 14 rings (SSSR count). The molecule has 4 heterocycles. The van der Waals surface area contributed by atoms with Crippen LogP contribution in [0.4, 0.5) is 0 Å². The van der Waals surface area contributed by atoms with Crippen molar-refractivity contribution in [2.24, 2.45) is 21.7 Å². The Hall–Kier alpha value is -7.03. The first-order valence-corrected chi connectivity index (χ1v) is 30.4. The minimum Gasteiger partial charge on any atom is -0.456 e. The van der Waals surface area contributed by atoms with Crippen molar-refractivity contribution in [2.75, 3.05) is 0 Å². The monoisotopic (exact) mass is 1130 g/mol. The molecule has 84 heavy (non-hydrogen) atoms. The predicted octanol–water partition coefficient (Wildman–Crippen LogP) is 20.9. The van der Waals surface area contributed by atoms with Gasteiger partial charge in [-0.2, -0.15) is 0 Å². The fourth-order valence-corrected chi connectivity index (χ4v) is 14.1. The Morgan fingerprint density at radius 2 is 0.857 bits per heavy atom. The second-order valence-electron chi connectivity index (χ2n) is 30.2. The predicted molar refractivity (Wildman–Crippen MR) is 354 cm³/mol. The quantitative estimate of drug-likeness (QED) is 0.171. The van der Waals surface area contributed by atoms with Gasteiger partial charge < -0.3 is 19.5 Å². The van der Waals surface area contributed by atoms with Crippen molar-refractivity contribution in [1.29, 1.82) is 0 Å². The molecule has 2 aromatic heterocycles. The van der Waals surface area contributed by atoms with Crippen molar-refractivity contribution in [3.05, 3.63) is 178 Å². The highest BCUT2D eigenvalue weighted by Gasteiger charge is 2.39. The molecule has 4 aliphatic rings. The first-order valence-electron chi connectivity index (χ1n) is 30.0. The van der Waals surface area contributed by atoms with Gasteiger partial charge in [-0.15, -0.1) is 0 Å². The van der Waals surface area contributed by atoms with Crippen molar-refractivity contribution < 1.29 is 19.5 Å². The summed E-state index contributed by atoms with van der Waals surface area (Å²) in [4.78, 5) is 9.84. The molecule has 0 amide bonds. The molecule has 6 nitrogen and oxygen atoms in total. The van der Waals surface area contributed by atoms with Crippen LogP contribution in [0.1, 0.15) is 150 Å². The average Bonchev–Trinajstić information content (AvgIpc) is 1.33. The summed E-state index contributed by atoms with van der Waals surface area (Å²) in [5.74, 6) is 3.63. The van der Waals surface area contributed by atoms with Gasteiger partial charge >= 0.3 is 7.12 Å². The number of fused-ring (bicyclic) bond motifs is 12. The van der Waals surface area contributed by atoms with Gasteiger partial charge in [0.1, 0.15) is 23.0 Å². The number of aromatic nitrogens is 2. The first kappa shape index (κ1) is 57.4. The lowest BCUT2D eigenvalue weighted by atomic mass is 9.72. The van der Waals surface area contributed by atoms with E-state index in [9.17, 15) is 0 Å². The standard InChI is InChI=1S/C38H39NO.C33H28ClNO.C5H13BO2/c1-36(2,3)20-22-15-23-13-14-39-34-28-18-24-17-27-25-11-9-10-12-30(25)38(7,8)31(27)19-26(24)29(21-37(4,5)6)35(28)40-32(16-22)33(23)34;1-32(2,3)17-25-22-16-27-23(21-8-6-7-9-26(21)33(27,4)5)13-19(22)14-24-30-29-18(10-11-35-30)12-20(34)15-28(29)36-31(24)25;1-5(2,3)4-6(7)8/h9-19H,20-21H2,1-8H3;6-16H,17H2,1-5H3;7-8H,4H2,1-3H3. The van der Waals surface area contributed by atoms with Crippen LogP contribution < -0.4 is 9.47 Å². The number of hydrogen-bond acceptors (Lipinski definition) is 6. The van der Waals surface area contributed by atoms with Crippen molar-refractivity contribution in [3.63, 3.8) is 0 Å². The lowest BCUT2D eigenvalue weighted by Crippen LogP contribution is -2.19. The molecular formula is C76H80BClN2O4. The maximum Gasteiger partial charge on any atom is 0.451 e. The first-order chi connectivity index (χ1) is 39.3. The Labute approximate surface area is 502 Å². The Kier molecular flexibility index (Phi) is 13.7. The lowest BCUT2D eigenvalue weighted by molar-refractivity contribution is 0.356. The van der Waals surface area contributed by atoms with Gasteiger partial charge in [-0.05, 0) is 190 Å². The van der Waals surface area contributed by atoms with Crippen LogP contribution >= 0.6 is 11.6 Å². The van der Waals surface area contributed by atoms with Crippen LogP contribution in [0.3, 0.4) is 0 Å². The fourth-order valence-electron chi connectivity index (χ4n) is 13.9. The number of pyridine rings is 2. The van der Waals surface area contributed by atoms with Crippen LogP contribution in [0.5, 0.6) is 23.0 Å². The van der Waals surface area contributed by atoms with Gasteiger partial charge in [0.05, 0.1) is 22.2 Å². The second kappa shape index (κ2) is 20.0. The number of benzene rings is 8. The smallest absolute Gasteiger partial charge is 0.451 e. The van der Waals surface area contributed by atoms with E-state index in [1.54, 1.807) is 0 Å². The van der Waals surface area contributed by atoms with Gasteiger partial charge in [-0.1, -0.05) is 177 Å². The summed E-state index contributed by atoms with van der Waals surface area (Å²) >= 11 is 6.49. The third kappa shape index (κ3) is 10.4. The van der Waals surface area contributed by atoms with E-state index in [1.165, 1.54) is 88.1 Å². The van der Waals surface area contributed by atoms with Crippen molar-refractivity contribution >= 4 is 61.8 Å². The van der Waals surface area contributed by atoms with Crippen molar-refractivity contribution in [3.8, 4) is 67.8 Å². The van der Waals surface area contributed by atoms with E-state index in [1.807, 2.05) is 51.4 Å². The van der Waals surface area contributed by atoms with E-state index < -0.39 is 7.12 Å². The Balaban J connectivity index is 0.000000147. The molecule has 2 aliphatic heterocycles. The molecule has 0 radical (unpaired) electrons. The summed E-state index contributed by atoms with van der Waals surface area (Å²) in [5, 5.41) is 27.0. The topological polar surface area (TPSA) is 84.7 Å². The molecule has 8 aromatic carbocycles. The summed E-state index contributed by atoms with van der Waals surface area (Å²) in [6.07, 6.45) is 7.09. The lowest BCUT2D eigenvalue weighted by Gasteiger charge is -2.29. The number of hydrogen-bond donors (Lipinski definition) is 2. The summed E-state index contributed by atoms with van der Waals surface area (Å²) in [6, 6.07) is 44.7. The zero-order valence-corrected chi connectivity index (χ0v) is 52.8. The second-order valence-corrected chi connectivity index (χ2v) is 30.7. The van der Waals surface area contributed by atoms with Gasteiger partial charge in [0.15, 0.2) is 0 Å². The maximum absolute atomic E-state index is 8.44. The maximum atomic E-state index is 8.44. The van der Waals surface area contributed by atoms with E-state index in [4.69, 9.17) is 41.1 Å². The number of nitrogens with zero attached hydrogens (tertiary/aromatic N) is 2. The minimum atomic E-state index is -1.16. The molecule has 0 fully saturated rings. The SMILES string of the molecule is CC(C)(C)CB(O)O.CC(C)(C)Cc1c2c(cc3cc4c(cc13)C(C)(C)c1ccccc1-4)-c1nccc3cc(Cl)cc(c13)O2.CC(C)(C)Cc1cc2c3c(nccc3c1)-c1cc3cc4c(cc3c(CC(C)(C)C)c1O2)C(C)(C)c1ccccc1-4. The molecule has 2 aliphatic carbocycles. The molecule has 2 N–H and O–H groups in total. The molecule has 0 atom stereocenters. The van der Waals surface area contributed by atoms with E-state index in [0.29, 0.717) is 11.3 Å². The van der Waals surface area contributed by atoms with E-state index in [0.717, 1.165) is 80.9 Å². The summed E-state index contributed by atoms with van der Waals surface area (Å²) in [5.41, 5.74) is 19.3. The van der Waals surface area contributed by atoms with Crippen LogP contribution in [-0.2, 0) is 30.1 Å².